The van der Waals surface area contributed by atoms with Crippen LogP contribution in [0, 0.1) is 5.92 Å². The third-order valence-electron chi connectivity index (χ3n) is 4.83. The second kappa shape index (κ2) is 8.74. The van der Waals surface area contributed by atoms with Crippen molar-refractivity contribution >= 4 is 5.97 Å². The Morgan fingerprint density at radius 3 is 2.48 bits per heavy atom. The lowest BCUT2D eigenvalue weighted by Gasteiger charge is -2.13. The largest absolute Gasteiger partial charge is 0.467 e. The van der Waals surface area contributed by atoms with Gasteiger partial charge in [0, 0.05) is 19.6 Å². The summed E-state index contributed by atoms with van der Waals surface area (Å²) in [5.41, 5.74) is -0.685. The Morgan fingerprint density at radius 1 is 1.14 bits per heavy atom. The maximum Gasteiger partial charge on any atom is 0.340 e. The molecule has 1 saturated heterocycles. The summed E-state index contributed by atoms with van der Waals surface area (Å²) >= 11 is 0. The third-order valence-corrected chi connectivity index (χ3v) is 4.83. The van der Waals surface area contributed by atoms with Crippen LogP contribution in [0.2, 0.25) is 0 Å². The first-order valence-corrected chi connectivity index (χ1v) is 8.57. The summed E-state index contributed by atoms with van der Waals surface area (Å²) in [5.74, 6) is 0.689. The van der Waals surface area contributed by atoms with Gasteiger partial charge in [-0.05, 0) is 12.3 Å². The highest BCUT2D eigenvalue weighted by Gasteiger charge is 2.53. The predicted molar refractivity (Wildman–Crippen MR) is 81.2 cm³/mol. The molecule has 0 aromatic rings. The van der Waals surface area contributed by atoms with Crippen molar-refractivity contribution in [2.75, 3.05) is 26.9 Å². The van der Waals surface area contributed by atoms with E-state index in [1.165, 1.54) is 58.5 Å². The van der Waals surface area contributed by atoms with Crippen molar-refractivity contribution in [3.8, 4) is 0 Å². The van der Waals surface area contributed by atoms with E-state index in [1.54, 1.807) is 0 Å². The van der Waals surface area contributed by atoms with E-state index < -0.39 is 5.60 Å². The molecule has 2 rings (SSSR count). The van der Waals surface area contributed by atoms with Gasteiger partial charge in [0.1, 0.15) is 0 Å². The summed E-state index contributed by atoms with van der Waals surface area (Å²) in [7, 11) is 1.40. The van der Waals surface area contributed by atoms with Gasteiger partial charge in [-0.3, -0.25) is 0 Å². The Bertz CT molecular complexity index is 304. The number of hydrogen-bond acceptors (Lipinski definition) is 4. The maximum atomic E-state index is 11.5. The van der Waals surface area contributed by atoms with Gasteiger partial charge < -0.3 is 14.2 Å². The predicted octanol–water partition coefficient (Wildman–Crippen LogP) is 3.48. The Labute approximate surface area is 128 Å². The molecule has 0 aromatic heterocycles. The fourth-order valence-corrected chi connectivity index (χ4v) is 3.27. The Morgan fingerprint density at radius 2 is 1.86 bits per heavy atom. The number of epoxide rings is 1. The first-order chi connectivity index (χ1) is 10.3. The van der Waals surface area contributed by atoms with E-state index in [0.717, 1.165) is 18.9 Å². The van der Waals surface area contributed by atoms with Crippen molar-refractivity contribution in [1.29, 1.82) is 0 Å². The molecule has 0 bridgehead atoms. The van der Waals surface area contributed by atoms with Crippen LogP contribution in [0.15, 0.2) is 0 Å². The molecule has 0 amide bonds. The van der Waals surface area contributed by atoms with Gasteiger partial charge >= 0.3 is 5.97 Å². The quantitative estimate of drug-likeness (QED) is 0.283. The SMILES string of the molecule is COC(=O)C1(CCOCCCCC2CCCCCC2)CO1. The lowest BCUT2D eigenvalue weighted by Crippen LogP contribution is -2.27. The molecule has 1 atom stereocenters. The van der Waals surface area contributed by atoms with E-state index >= 15 is 0 Å². The summed E-state index contributed by atoms with van der Waals surface area (Å²) < 4.78 is 15.6. The summed E-state index contributed by atoms with van der Waals surface area (Å²) in [4.78, 5) is 11.5. The fourth-order valence-electron chi connectivity index (χ4n) is 3.27. The maximum absolute atomic E-state index is 11.5. The highest BCUT2D eigenvalue weighted by atomic mass is 16.6. The summed E-state index contributed by atoms with van der Waals surface area (Å²) in [5, 5.41) is 0. The molecular weight excluding hydrogens is 268 g/mol. The van der Waals surface area contributed by atoms with Gasteiger partial charge in [-0.25, -0.2) is 4.79 Å². The van der Waals surface area contributed by atoms with Gasteiger partial charge in [0.2, 0.25) is 0 Å². The number of rotatable bonds is 9. The smallest absolute Gasteiger partial charge is 0.340 e. The Balaban J connectivity index is 1.44. The van der Waals surface area contributed by atoms with E-state index in [-0.39, 0.29) is 5.97 Å². The van der Waals surface area contributed by atoms with E-state index in [1.807, 2.05) is 0 Å². The van der Waals surface area contributed by atoms with Crippen LogP contribution in [0.3, 0.4) is 0 Å². The molecule has 1 heterocycles. The number of unbranched alkanes of at least 4 members (excludes halogenated alkanes) is 1. The molecule has 0 aromatic carbocycles. The van der Waals surface area contributed by atoms with Crippen LogP contribution < -0.4 is 0 Å². The van der Waals surface area contributed by atoms with Crippen LogP contribution in [-0.2, 0) is 19.0 Å². The Kier molecular flexibility index (Phi) is 6.97. The number of hydrogen-bond donors (Lipinski definition) is 0. The van der Waals surface area contributed by atoms with E-state index in [0.29, 0.717) is 19.6 Å². The number of ether oxygens (including phenoxy) is 3. The van der Waals surface area contributed by atoms with E-state index in [4.69, 9.17) is 14.2 Å². The second-order valence-corrected chi connectivity index (χ2v) is 6.49. The van der Waals surface area contributed by atoms with Gasteiger partial charge in [0.25, 0.3) is 0 Å². The van der Waals surface area contributed by atoms with Crippen molar-refractivity contribution in [2.24, 2.45) is 5.92 Å². The average molecular weight is 298 g/mol. The number of carbonyl (C=O) groups is 1. The van der Waals surface area contributed by atoms with E-state index in [9.17, 15) is 4.79 Å². The number of carbonyl (C=O) groups excluding carboxylic acids is 1. The van der Waals surface area contributed by atoms with E-state index in [2.05, 4.69) is 0 Å². The molecule has 1 aliphatic heterocycles. The topological polar surface area (TPSA) is 48.1 Å². The van der Waals surface area contributed by atoms with Crippen molar-refractivity contribution in [2.45, 2.75) is 69.8 Å². The zero-order chi connectivity index (χ0) is 15.0. The van der Waals surface area contributed by atoms with Crippen LogP contribution in [-0.4, -0.2) is 38.5 Å². The van der Waals surface area contributed by atoms with Crippen LogP contribution >= 0.6 is 0 Å². The summed E-state index contributed by atoms with van der Waals surface area (Å²) in [6.45, 7) is 1.85. The minimum Gasteiger partial charge on any atom is -0.467 e. The molecule has 0 spiro atoms. The lowest BCUT2D eigenvalue weighted by molar-refractivity contribution is -0.147. The minimum atomic E-state index is -0.685. The second-order valence-electron chi connectivity index (χ2n) is 6.49. The number of esters is 1. The fraction of sp³-hybridized carbons (Fsp3) is 0.941. The summed E-state index contributed by atoms with van der Waals surface area (Å²) in [6.07, 6.45) is 13.0. The average Bonchev–Trinajstić information content (AvgIpc) is 3.30. The van der Waals surface area contributed by atoms with Crippen LogP contribution in [0.25, 0.3) is 0 Å². The molecule has 1 aliphatic carbocycles. The summed E-state index contributed by atoms with van der Waals surface area (Å²) in [6, 6.07) is 0. The molecule has 2 aliphatic rings. The highest BCUT2D eigenvalue weighted by Crippen LogP contribution is 2.32. The van der Waals surface area contributed by atoms with Crippen LogP contribution in [0.5, 0.6) is 0 Å². The Hall–Kier alpha value is -0.610. The van der Waals surface area contributed by atoms with Gasteiger partial charge in [0.05, 0.1) is 13.7 Å². The number of methoxy groups -OCH3 is 1. The van der Waals surface area contributed by atoms with Gasteiger partial charge in [0.15, 0.2) is 5.60 Å². The standard InChI is InChI=1S/C17H30O4/c1-19-16(18)17(14-21-17)11-13-20-12-7-6-10-15-8-4-2-3-5-9-15/h15H,2-14H2,1H3. The van der Waals surface area contributed by atoms with Crippen molar-refractivity contribution < 1.29 is 19.0 Å². The molecule has 4 nitrogen and oxygen atoms in total. The van der Waals surface area contributed by atoms with Gasteiger partial charge in [-0.15, -0.1) is 0 Å². The van der Waals surface area contributed by atoms with Gasteiger partial charge in [-0.1, -0.05) is 51.4 Å². The van der Waals surface area contributed by atoms with Crippen molar-refractivity contribution in [1.82, 2.24) is 0 Å². The monoisotopic (exact) mass is 298 g/mol. The van der Waals surface area contributed by atoms with Crippen LogP contribution in [0.4, 0.5) is 0 Å². The van der Waals surface area contributed by atoms with Gasteiger partial charge in [-0.2, -0.15) is 0 Å². The van der Waals surface area contributed by atoms with Crippen molar-refractivity contribution in [3.05, 3.63) is 0 Å². The molecule has 21 heavy (non-hydrogen) atoms. The minimum absolute atomic E-state index is 0.264. The zero-order valence-corrected chi connectivity index (χ0v) is 13.4. The molecule has 1 saturated carbocycles. The third kappa shape index (κ3) is 5.59. The molecule has 1 unspecified atom stereocenters. The molecule has 0 N–H and O–H groups in total. The van der Waals surface area contributed by atoms with Crippen molar-refractivity contribution in [3.63, 3.8) is 0 Å². The first kappa shape index (κ1) is 16.8. The molecule has 2 fully saturated rings. The molecule has 0 radical (unpaired) electrons. The molecule has 122 valence electrons. The zero-order valence-electron chi connectivity index (χ0n) is 13.4. The lowest BCUT2D eigenvalue weighted by atomic mass is 9.94. The molecular formula is C17H30O4. The van der Waals surface area contributed by atoms with Crippen LogP contribution in [0.1, 0.15) is 64.2 Å². The normalized spacial score (nSPS) is 26.3. The highest BCUT2D eigenvalue weighted by molar-refractivity contribution is 5.82. The first-order valence-electron chi connectivity index (χ1n) is 8.57. The molecule has 4 heteroatoms.